The van der Waals surface area contributed by atoms with Gasteiger partial charge in [0.2, 0.25) is 5.91 Å². The van der Waals surface area contributed by atoms with Crippen molar-refractivity contribution in [1.29, 1.82) is 0 Å². The van der Waals surface area contributed by atoms with Crippen molar-refractivity contribution < 1.29 is 19.5 Å². The van der Waals surface area contributed by atoms with E-state index in [4.69, 9.17) is 5.11 Å². The Morgan fingerprint density at radius 2 is 1.75 bits per heavy atom. The van der Waals surface area contributed by atoms with Crippen LogP contribution >= 0.6 is 0 Å². The number of rotatable bonds is 5. The largest absolute Gasteiger partial charge is 0.480 e. The minimum absolute atomic E-state index is 0.171. The molecule has 0 radical (unpaired) electrons. The van der Waals surface area contributed by atoms with Crippen molar-refractivity contribution in [2.24, 2.45) is 11.3 Å². The number of carbonyl (C=O) groups excluding carboxylic acids is 2. The first-order valence-electron chi connectivity index (χ1n) is 6.46. The maximum atomic E-state index is 12.0. The summed E-state index contributed by atoms with van der Waals surface area (Å²) in [6.45, 7) is 7.11. The molecular weight excluding hydrogens is 262 g/mol. The summed E-state index contributed by atoms with van der Waals surface area (Å²) in [7, 11) is 3.05. The molecular formula is C13H25N3O4. The summed E-state index contributed by atoms with van der Waals surface area (Å²) in [6.07, 6.45) is 0. The second-order valence-electron chi connectivity index (χ2n) is 5.98. The third-order valence-corrected chi connectivity index (χ3v) is 2.97. The van der Waals surface area contributed by atoms with Gasteiger partial charge in [-0.3, -0.25) is 4.79 Å². The van der Waals surface area contributed by atoms with Crippen LogP contribution in [0.4, 0.5) is 4.79 Å². The Balaban J connectivity index is 4.67. The molecule has 0 aromatic heterocycles. The number of carboxylic acids is 1. The maximum Gasteiger partial charge on any atom is 0.326 e. The summed E-state index contributed by atoms with van der Waals surface area (Å²) < 4.78 is 0. The summed E-state index contributed by atoms with van der Waals surface area (Å²) in [6, 6.07) is -1.50. The summed E-state index contributed by atoms with van der Waals surface area (Å²) in [5.74, 6) is -1.62. The Morgan fingerprint density at radius 1 is 1.25 bits per heavy atom. The maximum absolute atomic E-state index is 12.0. The molecule has 3 N–H and O–H groups in total. The fourth-order valence-corrected chi connectivity index (χ4v) is 1.71. The Bertz CT molecular complexity index is 376. The lowest BCUT2D eigenvalue weighted by Crippen LogP contribution is -2.53. The lowest BCUT2D eigenvalue weighted by atomic mass is 9.87. The molecule has 20 heavy (non-hydrogen) atoms. The van der Waals surface area contributed by atoms with Gasteiger partial charge in [-0.2, -0.15) is 0 Å². The third-order valence-electron chi connectivity index (χ3n) is 2.97. The predicted molar refractivity (Wildman–Crippen MR) is 75.3 cm³/mol. The van der Waals surface area contributed by atoms with E-state index >= 15 is 0 Å². The van der Waals surface area contributed by atoms with Crippen LogP contribution in [0.15, 0.2) is 0 Å². The molecule has 1 unspecified atom stereocenters. The van der Waals surface area contributed by atoms with Crippen molar-refractivity contribution in [2.45, 2.75) is 33.7 Å². The van der Waals surface area contributed by atoms with Gasteiger partial charge in [0.05, 0.1) is 5.92 Å². The van der Waals surface area contributed by atoms with E-state index in [1.165, 1.54) is 19.0 Å². The number of aliphatic carboxylic acids is 1. The summed E-state index contributed by atoms with van der Waals surface area (Å²) in [4.78, 5) is 35.9. The van der Waals surface area contributed by atoms with Crippen molar-refractivity contribution in [2.75, 3.05) is 20.6 Å². The molecule has 0 aromatic rings. The number of hydrogen-bond acceptors (Lipinski definition) is 3. The summed E-state index contributed by atoms with van der Waals surface area (Å²) in [5, 5.41) is 14.1. The van der Waals surface area contributed by atoms with E-state index in [0.717, 1.165) is 0 Å². The van der Waals surface area contributed by atoms with Gasteiger partial charge in [0, 0.05) is 20.6 Å². The average Bonchev–Trinajstić information content (AvgIpc) is 2.32. The normalized spacial score (nSPS) is 14.1. The first kappa shape index (κ1) is 18.2. The molecule has 0 aliphatic rings. The van der Waals surface area contributed by atoms with E-state index in [9.17, 15) is 14.4 Å². The van der Waals surface area contributed by atoms with Crippen molar-refractivity contribution in [3.8, 4) is 0 Å². The van der Waals surface area contributed by atoms with Gasteiger partial charge in [0.15, 0.2) is 0 Å². The van der Waals surface area contributed by atoms with Crippen molar-refractivity contribution in [3.05, 3.63) is 0 Å². The monoisotopic (exact) mass is 287 g/mol. The lowest BCUT2D eigenvalue weighted by Gasteiger charge is -2.30. The molecule has 0 heterocycles. The molecule has 7 heteroatoms. The third kappa shape index (κ3) is 5.46. The zero-order chi connectivity index (χ0) is 16.1. The van der Waals surface area contributed by atoms with Crippen LogP contribution in [0.5, 0.6) is 0 Å². The zero-order valence-electron chi connectivity index (χ0n) is 13.0. The number of urea groups is 1. The Kier molecular flexibility index (Phi) is 6.48. The Labute approximate surface area is 119 Å². The standard InChI is InChI=1S/C13H25N3O4/c1-8(10(17)14-5)7-16(6)12(20)15-9(11(18)19)13(2,3)4/h8-9H,7H2,1-6H3,(H,14,17)(H,15,20)(H,18,19)/t8?,9-/m0/s1. The van der Waals surface area contributed by atoms with Crippen LogP contribution in [0, 0.1) is 11.3 Å². The van der Waals surface area contributed by atoms with Gasteiger partial charge >= 0.3 is 12.0 Å². The summed E-state index contributed by atoms with van der Waals surface area (Å²) in [5.41, 5.74) is -0.602. The first-order valence-corrected chi connectivity index (χ1v) is 6.46. The molecule has 116 valence electrons. The zero-order valence-corrected chi connectivity index (χ0v) is 13.0. The Hall–Kier alpha value is -1.79. The second kappa shape index (κ2) is 7.12. The molecule has 7 nitrogen and oxygen atoms in total. The number of carbonyl (C=O) groups is 3. The molecule has 0 rings (SSSR count). The van der Waals surface area contributed by atoms with Gasteiger partial charge < -0.3 is 20.6 Å². The van der Waals surface area contributed by atoms with Crippen molar-refractivity contribution in [1.82, 2.24) is 15.5 Å². The highest BCUT2D eigenvalue weighted by Gasteiger charge is 2.33. The fourth-order valence-electron chi connectivity index (χ4n) is 1.71. The lowest BCUT2D eigenvalue weighted by molar-refractivity contribution is -0.142. The number of nitrogens with zero attached hydrogens (tertiary/aromatic N) is 1. The fraction of sp³-hybridized carbons (Fsp3) is 0.769. The highest BCUT2D eigenvalue weighted by molar-refractivity contribution is 5.84. The molecule has 0 bridgehead atoms. The highest BCUT2D eigenvalue weighted by atomic mass is 16.4. The predicted octanol–water partition coefficient (Wildman–Crippen LogP) is 0.509. The quantitative estimate of drug-likeness (QED) is 0.686. The number of nitrogens with one attached hydrogen (secondary N) is 2. The number of carboxylic acid groups (broad SMARTS) is 1. The van der Waals surface area contributed by atoms with Crippen LogP contribution in [-0.4, -0.2) is 54.6 Å². The summed E-state index contributed by atoms with van der Waals surface area (Å²) >= 11 is 0. The number of amides is 3. The molecule has 0 spiro atoms. The minimum atomic E-state index is -1.08. The van der Waals surface area contributed by atoms with Gasteiger partial charge in [-0.15, -0.1) is 0 Å². The molecule has 0 fully saturated rings. The van der Waals surface area contributed by atoms with Crippen LogP contribution < -0.4 is 10.6 Å². The van der Waals surface area contributed by atoms with Gasteiger partial charge in [-0.1, -0.05) is 27.7 Å². The van der Waals surface area contributed by atoms with Gasteiger partial charge in [0.25, 0.3) is 0 Å². The smallest absolute Gasteiger partial charge is 0.326 e. The molecule has 0 aromatic carbocycles. The van der Waals surface area contributed by atoms with Crippen molar-refractivity contribution >= 4 is 17.9 Å². The van der Waals surface area contributed by atoms with E-state index in [2.05, 4.69) is 10.6 Å². The molecule has 3 amide bonds. The first-order chi connectivity index (χ1) is 9.00. The van der Waals surface area contributed by atoms with Gasteiger partial charge in [0.1, 0.15) is 6.04 Å². The Morgan fingerprint density at radius 3 is 2.10 bits per heavy atom. The van der Waals surface area contributed by atoms with Crippen LogP contribution in [-0.2, 0) is 9.59 Å². The van der Waals surface area contributed by atoms with Crippen LogP contribution in [0.3, 0.4) is 0 Å². The topological polar surface area (TPSA) is 98.7 Å². The van der Waals surface area contributed by atoms with Crippen LogP contribution in [0.2, 0.25) is 0 Å². The van der Waals surface area contributed by atoms with E-state index in [1.54, 1.807) is 27.7 Å². The number of hydrogen-bond donors (Lipinski definition) is 3. The van der Waals surface area contributed by atoms with E-state index in [-0.39, 0.29) is 18.4 Å². The molecule has 0 aliphatic carbocycles. The molecule has 0 saturated carbocycles. The minimum Gasteiger partial charge on any atom is -0.480 e. The van der Waals surface area contributed by atoms with Gasteiger partial charge in [-0.25, -0.2) is 9.59 Å². The second-order valence-corrected chi connectivity index (χ2v) is 5.98. The van der Waals surface area contributed by atoms with Gasteiger partial charge in [-0.05, 0) is 5.41 Å². The van der Waals surface area contributed by atoms with E-state index < -0.39 is 23.5 Å². The molecule has 2 atom stereocenters. The van der Waals surface area contributed by atoms with Crippen LogP contribution in [0.1, 0.15) is 27.7 Å². The highest BCUT2D eigenvalue weighted by Crippen LogP contribution is 2.19. The van der Waals surface area contributed by atoms with E-state index in [1.807, 2.05) is 0 Å². The SMILES string of the molecule is CNC(=O)C(C)CN(C)C(=O)N[C@@H](C(=O)O)C(C)(C)C. The van der Waals surface area contributed by atoms with E-state index in [0.29, 0.717) is 0 Å². The molecule has 0 aliphatic heterocycles. The molecule has 0 saturated heterocycles. The average molecular weight is 287 g/mol. The van der Waals surface area contributed by atoms with Crippen LogP contribution in [0.25, 0.3) is 0 Å². The van der Waals surface area contributed by atoms with Crippen molar-refractivity contribution in [3.63, 3.8) is 0 Å².